The third-order valence-corrected chi connectivity index (χ3v) is 2.91. The van der Waals surface area contributed by atoms with Crippen molar-refractivity contribution in [2.75, 3.05) is 11.9 Å². The second-order valence-electron chi connectivity index (χ2n) is 4.57. The van der Waals surface area contributed by atoms with Gasteiger partial charge in [0.2, 0.25) is 0 Å². The lowest BCUT2D eigenvalue weighted by atomic mass is 10.2. The molecule has 0 bridgehead atoms. The molecule has 0 aliphatic heterocycles. The number of hydrogen-bond acceptors (Lipinski definition) is 3. The molecular weight excluding hydrogens is 250 g/mol. The molecule has 0 atom stereocenters. The highest BCUT2D eigenvalue weighted by Gasteiger charge is 2.06. The van der Waals surface area contributed by atoms with Crippen LogP contribution in [0.2, 0.25) is 0 Å². The Bertz CT molecular complexity index is 535. The first-order valence-corrected chi connectivity index (χ1v) is 6.84. The fraction of sp³-hybridized carbons (Fsp3) is 0.235. The fourth-order valence-electron chi connectivity index (χ4n) is 1.80. The van der Waals surface area contributed by atoms with E-state index in [4.69, 9.17) is 4.74 Å². The Labute approximate surface area is 119 Å². The quantitative estimate of drug-likeness (QED) is 0.809. The summed E-state index contributed by atoms with van der Waals surface area (Å²) in [5, 5.41) is 3.27. The van der Waals surface area contributed by atoms with Gasteiger partial charge < -0.3 is 10.1 Å². The molecule has 3 nitrogen and oxygen atoms in total. The van der Waals surface area contributed by atoms with Gasteiger partial charge in [-0.15, -0.1) is 0 Å². The fourth-order valence-corrected chi connectivity index (χ4v) is 1.80. The maximum atomic E-state index is 11.9. The van der Waals surface area contributed by atoms with Crippen LogP contribution in [0.4, 0.5) is 5.69 Å². The Hall–Kier alpha value is -2.29. The average molecular weight is 269 g/mol. The minimum absolute atomic E-state index is 0.295. The zero-order valence-electron chi connectivity index (χ0n) is 11.6. The molecule has 0 fully saturated rings. The predicted molar refractivity (Wildman–Crippen MR) is 80.8 cm³/mol. The second-order valence-corrected chi connectivity index (χ2v) is 4.57. The van der Waals surface area contributed by atoms with Gasteiger partial charge in [0.05, 0.1) is 5.56 Å². The Morgan fingerprint density at radius 1 is 1.05 bits per heavy atom. The summed E-state index contributed by atoms with van der Waals surface area (Å²) in [5.74, 6) is -0.295. The molecule has 104 valence electrons. The smallest absolute Gasteiger partial charge is 0.338 e. The van der Waals surface area contributed by atoms with Gasteiger partial charge in [-0.05, 0) is 36.2 Å². The molecule has 0 spiro atoms. The molecule has 0 amide bonds. The zero-order chi connectivity index (χ0) is 14.2. The van der Waals surface area contributed by atoms with Crippen molar-refractivity contribution < 1.29 is 9.53 Å². The van der Waals surface area contributed by atoms with Crippen molar-refractivity contribution in [2.24, 2.45) is 0 Å². The van der Waals surface area contributed by atoms with E-state index in [0.29, 0.717) is 12.2 Å². The molecule has 0 aliphatic carbocycles. The summed E-state index contributed by atoms with van der Waals surface area (Å²) in [5.41, 5.74) is 2.58. The van der Waals surface area contributed by atoms with Crippen molar-refractivity contribution >= 4 is 11.7 Å². The van der Waals surface area contributed by atoms with Crippen LogP contribution >= 0.6 is 0 Å². The SMILES string of the molecule is CCCNc1ccc(C(=O)OCc2ccccc2)cc1. The Balaban J connectivity index is 1.89. The van der Waals surface area contributed by atoms with Crippen LogP contribution in [0.1, 0.15) is 29.3 Å². The number of anilines is 1. The van der Waals surface area contributed by atoms with Gasteiger partial charge in [-0.2, -0.15) is 0 Å². The number of hydrogen-bond donors (Lipinski definition) is 1. The predicted octanol–water partition coefficient (Wildman–Crippen LogP) is 3.87. The highest BCUT2D eigenvalue weighted by atomic mass is 16.5. The lowest BCUT2D eigenvalue weighted by Crippen LogP contribution is -2.06. The topological polar surface area (TPSA) is 38.3 Å². The number of rotatable bonds is 6. The summed E-state index contributed by atoms with van der Waals surface area (Å²) in [6.45, 7) is 3.34. The highest BCUT2D eigenvalue weighted by Crippen LogP contribution is 2.11. The molecule has 0 radical (unpaired) electrons. The van der Waals surface area contributed by atoms with E-state index < -0.39 is 0 Å². The second kappa shape index (κ2) is 7.34. The molecule has 0 aliphatic rings. The number of benzene rings is 2. The minimum atomic E-state index is -0.295. The van der Waals surface area contributed by atoms with Gasteiger partial charge in [-0.1, -0.05) is 37.3 Å². The van der Waals surface area contributed by atoms with E-state index in [1.54, 1.807) is 12.1 Å². The van der Waals surface area contributed by atoms with Crippen LogP contribution in [0.25, 0.3) is 0 Å². The van der Waals surface area contributed by atoms with E-state index in [1.165, 1.54) is 0 Å². The first-order valence-electron chi connectivity index (χ1n) is 6.84. The average Bonchev–Trinajstić information content (AvgIpc) is 2.52. The molecule has 0 unspecified atom stereocenters. The van der Waals surface area contributed by atoms with Crippen LogP contribution in [-0.4, -0.2) is 12.5 Å². The normalized spacial score (nSPS) is 10.1. The molecule has 0 heterocycles. The molecule has 0 aromatic heterocycles. The van der Waals surface area contributed by atoms with E-state index in [-0.39, 0.29) is 5.97 Å². The number of carbonyl (C=O) groups excluding carboxylic acids is 1. The van der Waals surface area contributed by atoms with E-state index in [1.807, 2.05) is 42.5 Å². The first kappa shape index (κ1) is 14.1. The first-order chi connectivity index (χ1) is 9.79. The van der Waals surface area contributed by atoms with E-state index >= 15 is 0 Å². The standard InChI is InChI=1S/C17H19NO2/c1-2-12-18-16-10-8-15(9-11-16)17(19)20-13-14-6-4-3-5-7-14/h3-11,18H,2,12-13H2,1H3. The summed E-state index contributed by atoms with van der Waals surface area (Å²) in [6, 6.07) is 17.0. The Morgan fingerprint density at radius 2 is 1.75 bits per heavy atom. The maximum absolute atomic E-state index is 11.9. The largest absolute Gasteiger partial charge is 0.457 e. The molecule has 0 saturated carbocycles. The lowest BCUT2D eigenvalue weighted by Gasteiger charge is -2.07. The molecule has 3 heteroatoms. The van der Waals surface area contributed by atoms with Crippen molar-refractivity contribution in [2.45, 2.75) is 20.0 Å². The van der Waals surface area contributed by atoms with Crippen LogP contribution in [-0.2, 0) is 11.3 Å². The van der Waals surface area contributed by atoms with Crippen molar-refractivity contribution in [3.63, 3.8) is 0 Å². The third kappa shape index (κ3) is 4.12. The summed E-state index contributed by atoms with van der Waals surface area (Å²) >= 11 is 0. The van der Waals surface area contributed by atoms with Crippen molar-refractivity contribution in [1.82, 2.24) is 0 Å². The van der Waals surface area contributed by atoms with E-state index in [2.05, 4.69) is 12.2 Å². The van der Waals surface area contributed by atoms with Gasteiger partial charge in [0.15, 0.2) is 0 Å². The van der Waals surface area contributed by atoms with Crippen molar-refractivity contribution in [3.8, 4) is 0 Å². The number of ether oxygens (including phenoxy) is 1. The molecule has 1 N–H and O–H groups in total. The van der Waals surface area contributed by atoms with Crippen LogP contribution < -0.4 is 5.32 Å². The maximum Gasteiger partial charge on any atom is 0.338 e. The molecule has 2 aromatic carbocycles. The summed E-state index contributed by atoms with van der Waals surface area (Å²) in [7, 11) is 0. The summed E-state index contributed by atoms with van der Waals surface area (Å²) < 4.78 is 5.28. The van der Waals surface area contributed by atoms with Crippen LogP contribution in [0, 0.1) is 0 Å². The number of esters is 1. The monoisotopic (exact) mass is 269 g/mol. The van der Waals surface area contributed by atoms with Gasteiger partial charge in [-0.3, -0.25) is 0 Å². The minimum Gasteiger partial charge on any atom is -0.457 e. The zero-order valence-corrected chi connectivity index (χ0v) is 11.6. The van der Waals surface area contributed by atoms with E-state index in [9.17, 15) is 4.79 Å². The number of nitrogens with one attached hydrogen (secondary N) is 1. The molecule has 2 rings (SSSR count). The highest BCUT2D eigenvalue weighted by molar-refractivity contribution is 5.89. The summed E-state index contributed by atoms with van der Waals surface area (Å²) in [4.78, 5) is 11.9. The van der Waals surface area contributed by atoms with E-state index in [0.717, 1.165) is 24.2 Å². The van der Waals surface area contributed by atoms with Gasteiger partial charge in [0.25, 0.3) is 0 Å². The summed E-state index contributed by atoms with van der Waals surface area (Å²) in [6.07, 6.45) is 1.07. The Kier molecular flexibility index (Phi) is 5.18. The van der Waals surface area contributed by atoms with Gasteiger partial charge in [-0.25, -0.2) is 4.79 Å². The van der Waals surface area contributed by atoms with Gasteiger partial charge in [0, 0.05) is 12.2 Å². The molecule has 2 aromatic rings. The number of carbonyl (C=O) groups is 1. The van der Waals surface area contributed by atoms with Crippen LogP contribution in [0.5, 0.6) is 0 Å². The van der Waals surface area contributed by atoms with Crippen molar-refractivity contribution in [1.29, 1.82) is 0 Å². The van der Waals surface area contributed by atoms with Crippen LogP contribution in [0.3, 0.4) is 0 Å². The lowest BCUT2D eigenvalue weighted by molar-refractivity contribution is 0.0473. The molecule has 20 heavy (non-hydrogen) atoms. The third-order valence-electron chi connectivity index (χ3n) is 2.91. The van der Waals surface area contributed by atoms with Crippen LogP contribution in [0.15, 0.2) is 54.6 Å². The molecular formula is C17H19NO2. The van der Waals surface area contributed by atoms with Gasteiger partial charge in [0.1, 0.15) is 6.61 Å². The Morgan fingerprint density at radius 3 is 2.40 bits per heavy atom. The van der Waals surface area contributed by atoms with Crippen molar-refractivity contribution in [3.05, 3.63) is 65.7 Å². The van der Waals surface area contributed by atoms with Gasteiger partial charge >= 0.3 is 5.97 Å². The molecule has 0 saturated heterocycles.